The van der Waals surface area contributed by atoms with Crippen molar-refractivity contribution in [2.24, 2.45) is 0 Å². The maximum absolute atomic E-state index is 6.26. The Morgan fingerprint density at radius 2 is 1.66 bits per heavy atom. The van der Waals surface area contributed by atoms with Gasteiger partial charge in [0.05, 0.1) is 6.54 Å². The maximum Gasteiger partial charge on any atom is 0.150 e. The first-order valence-corrected chi connectivity index (χ1v) is 13.9. The average molecular weight is 561 g/mol. The van der Waals surface area contributed by atoms with Crippen molar-refractivity contribution >= 4 is 57.4 Å². The normalized spacial score (nSPS) is 12.9. The molecule has 8 heteroatoms. The predicted molar refractivity (Wildman–Crippen MR) is 162 cm³/mol. The summed E-state index contributed by atoms with van der Waals surface area (Å²) in [5.41, 5.74) is 8.65. The fourth-order valence-corrected chi connectivity index (χ4v) is 5.77. The van der Waals surface area contributed by atoms with Crippen LogP contribution in [-0.2, 0) is 19.5 Å². The molecule has 38 heavy (non-hydrogen) atoms. The van der Waals surface area contributed by atoms with Crippen molar-refractivity contribution in [1.82, 2.24) is 14.2 Å². The predicted octanol–water partition coefficient (Wildman–Crippen LogP) is 8.15. The zero-order valence-electron chi connectivity index (χ0n) is 21.0. The van der Waals surface area contributed by atoms with Crippen LogP contribution in [0.4, 0.5) is 11.4 Å². The second kappa shape index (κ2) is 10.4. The van der Waals surface area contributed by atoms with E-state index in [9.17, 15) is 0 Å². The maximum atomic E-state index is 6.26. The molecule has 0 saturated carbocycles. The van der Waals surface area contributed by atoms with Crippen LogP contribution in [0.5, 0.6) is 0 Å². The number of rotatable bonds is 6. The minimum atomic E-state index is 0.594. The van der Waals surface area contributed by atoms with E-state index in [0.29, 0.717) is 16.6 Å². The van der Waals surface area contributed by atoms with Crippen molar-refractivity contribution in [3.05, 3.63) is 105 Å². The molecular formula is C30H27Cl2N5S. The molecule has 5 aromatic rings. The highest BCUT2D eigenvalue weighted by molar-refractivity contribution is 7.81. The monoisotopic (exact) mass is 559 g/mol. The number of anilines is 2. The summed E-state index contributed by atoms with van der Waals surface area (Å²) in [5.74, 6) is 0.973. The van der Waals surface area contributed by atoms with Crippen molar-refractivity contribution in [3.63, 3.8) is 0 Å². The van der Waals surface area contributed by atoms with E-state index < -0.39 is 0 Å². The number of benzene rings is 3. The lowest BCUT2D eigenvalue weighted by atomic mass is 9.98. The molecule has 5 nitrogen and oxygen atoms in total. The standard InChI is InChI=1S/C30H27Cl2N5S/c1-19-6-2-3-8-25(19)34-29(38)28-27(20-9-11-21(31)12-10-20)24-7-4-5-17-36-26(35-37(28)30(24)36)18-33-23-15-13-22(32)14-16-23/h2-3,6,8-16,33H,4-5,7,17-18H2,1H3,(H,34,38). The number of nitrogens with zero attached hydrogens (tertiary/aromatic N) is 3. The van der Waals surface area contributed by atoms with E-state index in [1.165, 1.54) is 5.56 Å². The summed E-state index contributed by atoms with van der Waals surface area (Å²) in [7, 11) is 0. The molecular weight excluding hydrogens is 533 g/mol. The van der Waals surface area contributed by atoms with E-state index in [0.717, 1.165) is 76.1 Å². The lowest BCUT2D eigenvalue weighted by Gasteiger charge is -2.13. The second-order valence-corrected chi connectivity index (χ2v) is 10.9. The van der Waals surface area contributed by atoms with Crippen LogP contribution in [0.15, 0.2) is 72.8 Å². The summed E-state index contributed by atoms with van der Waals surface area (Å²) in [6.45, 7) is 3.59. The highest BCUT2D eigenvalue weighted by atomic mass is 35.5. The molecule has 0 radical (unpaired) electrons. The molecule has 2 N–H and O–H groups in total. The third-order valence-corrected chi connectivity index (χ3v) is 7.90. The number of hydrogen-bond acceptors (Lipinski definition) is 3. The van der Waals surface area contributed by atoms with Crippen molar-refractivity contribution in [1.29, 1.82) is 0 Å². The van der Waals surface area contributed by atoms with Crippen LogP contribution in [0.2, 0.25) is 10.0 Å². The van der Waals surface area contributed by atoms with Gasteiger partial charge < -0.3 is 15.2 Å². The third kappa shape index (κ3) is 4.68. The zero-order chi connectivity index (χ0) is 26.2. The van der Waals surface area contributed by atoms with Crippen LogP contribution in [0.3, 0.4) is 0 Å². The van der Waals surface area contributed by atoms with E-state index in [-0.39, 0.29) is 0 Å². The van der Waals surface area contributed by atoms with E-state index in [1.54, 1.807) is 0 Å². The molecule has 0 fully saturated rings. The lowest BCUT2D eigenvalue weighted by molar-refractivity contribution is 0.619. The zero-order valence-corrected chi connectivity index (χ0v) is 23.3. The van der Waals surface area contributed by atoms with Crippen LogP contribution in [-0.4, -0.2) is 19.2 Å². The minimum Gasteiger partial charge on any atom is -0.378 e. The van der Waals surface area contributed by atoms with Gasteiger partial charge in [-0.3, -0.25) is 0 Å². The van der Waals surface area contributed by atoms with Gasteiger partial charge in [0, 0.05) is 39.1 Å². The lowest BCUT2D eigenvalue weighted by Crippen LogP contribution is -2.15. The van der Waals surface area contributed by atoms with Crippen LogP contribution < -0.4 is 10.6 Å². The molecule has 0 unspecified atom stereocenters. The highest BCUT2D eigenvalue weighted by Gasteiger charge is 2.29. The molecule has 0 atom stereocenters. The molecule has 2 aromatic heterocycles. The highest BCUT2D eigenvalue weighted by Crippen LogP contribution is 2.38. The second-order valence-electron chi connectivity index (χ2n) is 9.60. The van der Waals surface area contributed by atoms with Gasteiger partial charge in [0.2, 0.25) is 0 Å². The molecule has 0 spiro atoms. The molecule has 0 saturated heterocycles. The van der Waals surface area contributed by atoms with Crippen molar-refractivity contribution in [2.45, 2.75) is 39.3 Å². The molecule has 3 aromatic carbocycles. The van der Waals surface area contributed by atoms with Gasteiger partial charge >= 0.3 is 0 Å². The Morgan fingerprint density at radius 3 is 2.39 bits per heavy atom. The molecule has 3 heterocycles. The quantitative estimate of drug-likeness (QED) is 0.206. The molecule has 0 amide bonds. The Morgan fingerprint density at radius 1 is 0.947 bits per heavy atom. The average Bonchev–Trinajstić information content (AvgIpc) is 3.32. The van der Waals surface area contributed by atoms with Crippen LogP contribution in [0.25, 0.3) is 16.8 Å². The van der Waals surface area contributed by atoms with Crippen LogP contribution in [0.1, 0.15) is 35.5 Å². The SMILES string of the molecule is Cc1ccccc1NC(=S)c1c(-c2ccc(Cl)cc2)c2c3n(c(CNc4ccc(Cl)cc4)nn13)CCCC2. The first-order valence-electron chi connectivity index (χ1n) is 12.7. The first kappa shape index (κ1) is 25.0. The van der Waals surface area contributed by atoms with Crippen LogP contribution in [0, 0.1) is 6.92 Å². The molecule has 1 aliphatic heterocycles. The fourth-order valence-electron chi connectivity index (χ4n) is 5.22. The van der Waals surface area contributed by atoms with Gasteiger partial charge in [0.1, 0.15) is 16.3 Å². The van der Waals surface area contributed by atoms with Crippen molar-refractivity contribution in [2.75, 3.05) is 10.6 Å². The Bertz CT molecular complexity index is 1630. The van der Waals surface area contributed by atoms with Gasteiger partial charge in [0.25, 0.3) is 0 Å². The smallest absolute Gasteiger partial charge is 0.150 e. The summed E-state index contributed by atoms with van der Waals surface area (Å²) in [5, 5.41) is 13.6. The van der Waals surface area contributed by atoms with Gasteiger partial charge in [0.15, 0.2) is 5.82 Å². The van der Waals surface area contributed by atoms with Gasteiger partial charge in [-0.15, -0.1) is 0 Å². The summed E-state index contributed by atoms with van der Waals surface area (Å²) >= 11 is 18.4. The molecule has 0 aliphatic carbocycles. The number of thiocarbonyl (C=S) groups is 1. The number of para-hydroxylation sites is 1. The Labute approximate surface area is 237 Å². The van der Waals surface area contributed by atoms with Gasteiger partial charge in [-0.1, -0.05) is 65.8 Å². The number of halogens is 2. The fraction of sp³-hybridized carbons (Fsp3) is 0.200. The first-order chi connectivity index (χ1) is 18.5. The van der Waals surface area contributed by atoms with E-state index in [1.807, 2.05) is 48.5 Å². The van der Waals surface area contributed by atoms with E-state index >= 15 is 0 Å². The number of hydrogen-bond donors (Lipinski definition) is 2. The van der Waals surface area contributed by atoms with Crippen molar-refractivity contribution in [3.8, 4) is 11.1 Å². The summed E-state index contributed by atoms with van der Waals surface area (Å²) in [6, 6.07) is 24.0. The number of aromatic nitrogens is 3. The Kier molecular flexibility index (Phi) is 6.87. The largest absolute Gasteiger partial charge is 0.378 e. The topological polar surface area (TPSA) is 46.3 Å². The molecule has 6 rings (SSSR count). The molecule has 1 aliphatic rings. The van der Waals surface area contributed by atoms with E-state index in [2.05, 4.69) is 50.9 Å². The number of aryl methyl sites for hydroxylation is 3. The Balaban J connectivity index is 1.49. The minimum absolute atomic E-state index is 0.594. The molecule has 192 valence electrons. The summed E-state index contributed by atoms with van der Waals surface area (Å²) < 4.78 is 4.40. The van der Waals surface area contributed by atoms with Crippen LogP contribution >= 0.6 is 35.4 Å². The summed E-state index contributed by atoms with van der Waals surface area (Å²) in [6.07, 6.45) is 3.16. The molecule has 0 bridgehead atoms. The third-order valence-electron chi connectivity index (χ3n) is 7.10. The van der Waals surface area contributed by atoms with Gasteiger partial charge in [-0.2, -0.15) is 5.10 Å². The van der Waals surface area contributed by atoms with Crippen molar-refractivity contribution < 1.29 is 0 Å². The van der Waals surface area contributed by atoms with Gasteiger partial charge in [-0.05, 0) is 79.8 Å². The van der Waals surface area contributed by atoms with E-state index in [4.69, 9.17) is 40.5 Å². The summed E-state index contributed by atoms with van der Waals surface area (Å²) in [4.78, 5) is 0.646. The van der Waals surface area contributed by atoms with Gasteiger partial charge in [-0.25, -0.2) is 4.52 Å². The number of nitrogens with one attached hydrogen (secondary N) is 2. The Hall–Kier alpha value is -3.32.